The molecular weight excluding hydrogens is 172 g/mol. The molecule has 0 amide bonds. The highest BCUT2D eigenvalue weighted by atomic mass is 16.1. The van der Waals surface area contributed by atoms with Crippen molar-refractivity contribution in [1.29, 1.82) is 0 Å². The van der Waals surface area contributed by atoms with Crippen LogP contribution in [0.1, 0.15) is 51.9 Å². The molecule has 0 radical (unpaired) electrons. The number of carbonyl (C=O) groups excluding carboxylic acids is 1. The molecule has 2 unspecified atom stereocenters. The monoisotopic (exact) mass is 190 g/mol. The zero-order valence-corrected chi connectivity index (χ0v) is 8.94. The molecule has 0 aromatic heterocycles. The van der Waals surface area contributed by atoms with E-state index < -0.39 is 0 Å². The van der Waals surface area contributed by atoms with Crippen LogP contribution in [-0.2, 0) is 4.79 Å². The summed E-state index contributed by atoms with van der Waals surface area (Å²) in [6.07, 6.45) is 10.6. The van der Waals surface area contributed by atoms with E-state index in [9.17, 15) is 4.79 Å². The van der Waals surface area contributed by atoms with Crippen molar-refractivity contribution < 1.29 is 4.79 Å². The van der Waals surface area contributed by atoms with E-state index in [0.717, 1.165) is 12.8 Å². The molecular formula is C13H18O. The minimum atomic E-state index is 0.377. The molecule has 0 N–H and O–H groups in total. The average molecular weight is 190 g/mol. The molecule has 0 heterocycles. The molecule has 2 bridgehead atoms. The standard InChI is InChI=1S/C13H18O/c1-12-4-2-5-13(9-12)6-3-11(14)7-10(13)8-12/h7H,2-6,8-9H2,1H3. The van der Waals surface area contributed by atoms with Crippen LogP contribution in [0.4, 0.5) is 0 Å². The molecule has 0 aliphatic heterocycles. The summed E-state index contributed by atoms with van der Waals surface area (Å²) >= 11 is 0. The smallest absolute Gasteiger partial charge is 0.155 e. The second-order valence-electron chi connectivity index (χ2n) is 5.93. The van der Waals surface area contributed by atoms with Crippen LogP contribution in [0.3, 0.4) is 0 Å². The minimum absolute atomic E-state index is 0.377. The maximum absolute atomic E-state index is 11.4. The van der Waals surface area contributed by atoms with Crippen LogP contribution in [0.25, 0.3) is 0 Å². The molecule has 0 aromatic carbocycles. The normalized spacial score (nSPS) is 46.1. The van der Waals surface area contributed by atoms with E-state index in [0.29, 0.717) is 16.6 Å². The van der Waals surface area contributed by atoms with E-state index in [1.165, 1.54) is 37.7 Å². The first-order valence-corrected chi connectivity index (χ1v) is 5.86. The molecule has 1 heteroatoms. The molecule has 76 valence electrons. The second kappa shape index (κ2) is 2.50. The topological polar surface area (TPSA) is 17.1 Å². The first-order chi connectivity index (χ1) is 6.62. The Morgan fingerprint density at radius 3 is 3.00 bits per heavy atom. The quantitative estimate of drug-likeness (QED) is 0.573. The zero-order valence-electron chi connectivity index (χ0n) is 8.94. The van der Waals surface area contributed by atoms with Crippen molar-refractivity contribution in [2.45, 2.75) is 51.9 Å². The highest BCUT2D eigenvalue weighted by Gasteiger charge is 2.52. The number of hydrogen-bond acceptors (Lipinski definition) is 1. The van der Waals surface area contributed by atoms with Crippen LogP contribution in [0.5, 0.6) is 0 Å². The van der Waals surface area contributed by atoms with Gasteiger partial charge in [0.25, 0.3) is 0 Å². The van der Waals surface area contributed by atoms with Crippen LogP contribution in [0, 0.1) is 10.8 Å². The first-order valence-electron chi connectivity index (χ1n) is 5.86. The lowest BCUT2D eigenvalue weighted by Crippen LogP contribution is -2.29. The third-order valence-corrected chi connectivity index (χ3v) is 4.68. The molecule has 2 atom stereocenters. The van der Waals surface area contributed by atoms with Gasteiger partial charge in [0.2, 0.25) is 0 Å². The summed E-state index contributed by atoms with van der Waals surface area (Å²) in [5.41, 5.74) is 2.52. The van der Waals surface area contributed by atoms with Crippen molar-refractivity contribution in [3.63, 3.8) is 0 Å². The van der Waals surface area contributed by atoms with Gasteiger partial charge >= 0.3 is 0 Å². The van der Waals surface area contributed by atoms with Crippen LogP contribution in [-0.4, -0.2) is 5.78 Å². The molecule has 14 heavy (non-hydrogen) atoms. The zero-order chi connectivity index (χ0) is 9.81. The van der Waals surface area contributed by atoms with Crippen molar-refractivity contribution in [2.24, 2.45) is 10.8 Å². The van der Waals surface area contributed by atoms with Crippen molar-refractivity contribution >= 4 is 5.78 Å². The van der Waals surface area contributed by atoms with E-state index in [-0.39, 0.29) is 0 Å². The van der Waals surface area contributed by atoms with Gasteiger partial charge in [-0.1, -0.05) is 18.9 Å². The Morgan fingerprint density at radius 1 is 1.29 bits per heavy atom. The fourth-order valence-electron chi connectivity index (χ4n) is 4.13. The van der Waals surface area contributed by atoms with Gasteiger partial charge in [-0.15, -0.1) is 0 Å². The second-order valence-corrected chi connectivity index (χ2v) is 5.93. The number of fused-ring (bicyclic) bond motifs is 1. The van der Waals surface area contributed by atoms with Crippen LogP contribution in [0.2, 0.25) is 0 Å². The average Bonchev–Trinajstić information content (AvgIpc) is 2.31. The summed E-state index contributed by atoms with van der Waals surface area (Å²) in [5, 5.41) is 0. The number of hydrogen-bond donors (Lipinski definition) is 0. The largest absolute Gasteiger partial charge is 0.295 e. The van der Waals surface area contributed by atoms with Crippen LogP contribution in [0.15, 0.2) is 11.6 Å². The third kappa shape index (κ3) is 1.04. The highest BCUT2D eigenvalue weighted by molar-refractivity contribution is 5.91. The third-order valence-electron chi connectivity index (χ3n) is 4.68. The molecule has 1 spiro atoms. The van der Waals surface area contributed by atoms with Crippen molar-refractivity contribution in [1.82, 2.24) is 0 Å². The van der Waals surface area contributed by atoms with E-state index in [1.807, 2.05) is 6.08 Å². The number of rotatable bonds is 0. The Balaban J connectivity index is 2.05. The molecule has 3 aliphatic carbocycles. The Morgan fingerprint density at radius 2 is 2.14 bits per heavy atom. The highest BCUT2D eigenvalue weighted by Crippen LogP contribution is 2.63. The van der Waals surface area contributed by atoms with Gasteiger partial charge < -0.3 is 0 Å². The van der Waals surface area contributed by atoms with Crippen molar-refractivity contribution in [3.8, 4) is 0 Å². The lowest BCUT2D eigenvalue weighted by molar-refractivity contribution is -0.115. The van der Waals surface area contributed by atoms with Gasteiger partial charge in [0.15, 0.2) is 5.78 Å². The lowest BCUT2D eigenvalue weighted by atomic mass is 9.65. The Labute approximate surface area is 85.6 Å². The molecule has 3 rings (SSSR count). The van der Waals surface area contributed by atoms with E-state index in [1.54, 1.807) is 0 Å². The minimum Gasteiger partial charge on any atom is -0.295 e. The number of ketones is 1. The first kappa shape index (κ1) is 8.70. The number of carbonyl (C=O) groups is 1. The van der Waals surface area contributed by atoms with E-state index in [4.69, 9.17) is 0 Å². The van der Waals surface area contributed by atoms with Gasteiger partial charge in [0.1, 0.15) is 0 Å². The molecule has 2 fully saturated rings. The maximum atomic E-state index is 11.4. The van der Waals surface area contributed by atoms with Gasteiger partial charge in [-0.3, -0.25) is 4.79 Å². The van der Waals surface area contributed by atoms with E-state index >= 15 is 0 Å². The molecule has 3 aliphatic rings. The Kier molecular flexibility index (Phi) is 1.55. The summed E-state index contributed by atoms with van der Waals surface area (Å²) in [4.78, 5) is 11.4. The summed E-state index contributed by atoms with van der Waals surface area (Å²) in [6, 6.07) is 0. The van der Waals surface area contributed by atoms with Gasteiger partial charge in [-0.25, -0.2) is 0 Å². The molecule has 1 nitrogen and oxygen atoms in total. The van der Waals surface area contributed by atoms with Gasteiger partial charge in [0.05, 0.1) is 0 Å². The summed E-state index contributed by atoms with van der Waals surface area (Å²) in [5.74, 6) is 0.377. The van der Waals surface area contributed by atoms with Crippen molar-refractivity contribution in [3.05, 3.63) is 11.6 Å². The maximum Gasteiger partial charge on any atom is 0.155 e. The predicted octanol–water partition coefficient (Wildman–Crippen LogP) is 3.25. The van der Waals surface area contributed by atoms with Gasteiger partial charge in [-0.2, -0.15) is 0 Å². The predicted molar refractivity (Wildman–Crippen MR) is 55.9 cm³/mol. The SMILES string of the molecule is CC12CCCC3(CCC(=O)C=C3C1)C2. The lowest BCUT2D eigenvalue weighted by Gasteiger charge is -2.39. The molecule has 0 saturated heterocycles. The Bertz CT molecular complexity index is 328. The van der Waals surface area contributed by atoms with Crippen molar-refractivity contribution in [2.75, 3.05) is 0 Å². The Hall–Kier alpha value is -0.590. The summed E-state index contributed by atoms with van der Waals surface area (Å²) in [6.45, 7) is 2.41. The van der Waals surface area contributed by atoms with Gasteiger partial charge in [-0.05, 0) is 49.0 Å². The molecule has 0 aromatic rings. The summed E-state index contributed by atoms with van der Waals surface area (Å²) < 4.78 is 0. The fraction of sp³-hybridized carbons (Fsp3) is 0.769. The number of allylic oxidation sites excluding steroid dienone is 2. The van der Waals surface area contributed by atoms with Crippen LogP contribution < -0.4 is 0 Å². The van der Waals surface area contributed by atoms with Gasteiger partial charge in [0, 0.05) is 6.42 Å². The summed E-state index contributed by atoms with van der Waals surface area (Å²) in [7, 11) is 0. The fourth-order valence-corrected chi connectivity index (χ4v) is 4.13. The molecule has 2 saturated carbocycles. The van der Waals surface area contributed by atoms with Crippen LogP contribution >= 0.6 is 0 Å². The van der Waals surface area contributed by atoms with E-state index in [2.05, 4.69) is 6.92 Å².